The van der Waals surface area contributed by atoms with Crippen molar-refractivity contribution in [3.63, 3.8) is 0 Å². The Hall–Kier alpha value is -1.46. The van der Waals surface area contributed by atoms with E-state index in [-0.39, 0.29) is 5.60 Å². The number of rotatable bonds is 5. The monoisotopic (exact) mass is 262 g/mol. The second-order valence-corrected chi connectivity index (χ2v) is 5.49. The molecule has 0 aliphatic carbocycles. The van der Waals surface area contributed by atoms with Gasteiger partial charge in [0.1, 0.15) is 0 Å². The molecule has 5 nitrogen and oxygen atoms in total. The van der Waals surface area contributed by atoms with Crippen LogP contribution in [0.3, 0.4) is 0 Å². The van der Waals surface area contributed by atoms with E-state index in [0.717, 1.165) is 35.4 Å². The van der Waals surface area contributed by atoms with E-state index in [1.807, 2.05) is 24.9 Å². The number of aromatic nitrogens is 3. The van der Waals surface area contributed by atoms with E-state index in [0.29, 0.717) is 0 Å². The van der Waals surface area contributed by atoms with Crippen LogP contribution in [-0.2, 0) is 18.3 Å². The lowest BCUT2D eigenvalue weighted by Crippen LogP contribution is -2.36. The predicted octanol–water partition coefficient (Wildman–Crippen LogP) is 1.79. The molecular formula is C14H22N4O. The Morgan fingerprint density at radius 3 is 2.84 bits per heavy atom. The van der Waals surface area contributed by atoms with Crippen LogP contribution in [0.2, 0.25) is 0 Å². The summed E-state index contributed by atoms with van der Waals surface area (Å²) in [6.45, 7) is 7.71. The lowest BCUT2D eigenvalue weighted by atomic mass is 10.1. The summed E-state index contributed by atoms with van der Waals surface area (Å²) in [5.74, 6) is 0. The summed E-state index contributed by atoms with van der Waals surface area (Å²) < 4.78 is 7.19. The Morgan fingerprint density at radius 1 is 1.42 bits per heavy atom. The summed E-state index contributed by atoms with van der Waals surface area (Å²) in [5, 5.41) is 8.89. The molecule has 1 N–H and O–H groups in total. The van der Waals surface area contributed by atoms with Crippen LogP contribution < -0.4 is 5.32 Å². The minimum atomic E-state index is -0.151. The molecule has 0 saturated heterocycles. The van der Waals surface area contributed by atoms with Gasteiger partial charge in [-0.05, 0) is 32.4 Å². The zero-order valence-corrected chi connectivity index (χ0v) is 12.3. The molecule has 0 radical (unpaired) electrons. The van der Waals surface area contributed by atoms with Gasteiger partial charge in [0.25, 0.3) is 0 Å². The van der Waals surface area contributed by atoms with Crippen LogP contribution >= 0.6 is 0 Å². The third-order valence-corrected chi connectivity index (χ3v) is 3.35. The summed E-state index contributed by atoms with van der Waals surface area (Å²) in [4.78, 5) is 4.47. The first kappa shape index (κ1) is 14.0. The second kappa shape index (κ2) is 5.27. The van der Waals surface area contributed by atoms with Gasteiger partial charge < -0.3 is 10.1 Å². The highest BCUT2D eigenvalue weighted by atomic mass is 16.5. The molecule has 0 saturated carbocycles. The summed E-state index contributed by atoms with van der Waals surface area (Å²) in [5.41, 5.74) is 2.96. The zero-order chi connectivity index (χ0) is 14.0. The standard InChI is InChI=1S/C14H22N4O/c1-10-12-6-11(7-15-9-14(2,3)19-5)8-16-13(12)18(4)17-10/h6,8,15H,7,9H2,1-5H3. The number of nitrogens with one attached hydrogen (secondary N) is 1. The van der Waals surface area contributed by atoms with Crippen LogP contribution in [0.1, 0.15) is 25.1 Å². The summed E-state index contributed by atoms with van der Waals surface area (Å²) in [7, 11) is 3.65. The molecule has 104 valence electrons. The van der Waals surface area contributed by atoms with Gasteiger partial charge in [-0.2, -0.15) is 5.10 Å². The normalized spacial score (nSPS) is 12.3. The highest BCUT2D eigenvalue weighted by molar-refractivity contribution is 5.78. The van der Waals surface area contributed by atoms with Crippen LogP contribution in [0.15, 0.2) is 12.3 Å². The number of nitrogens with zero attached hydrogens (tertiary/aromatic N) is 3. The lowest BCUT2D eigenvalue weighted by molar-refractivity contribution is 0.0230. The van der Waals surface area contributed by atoms with Crippen molar-refractivity contribution < 1.29 is 4.74 Å². The Balaban J connectivity index is 2.08. The number of fused-ring (bicyclic) bond motifs is 1. The van der Waals surface area contributed by atoms with Gasteiger partial charge in [-0.1, -0.05) is 0 Å². The fourth-order valence-corrected chi connectivity index (χ4v) is 2.03. The van der Waals surface area contributed by atoms with E-state index in [9.17, 15) is 0 Å². The number of methoxy groups -OCH3 is 1. The number of pyridine rings is 1. The molecule has 0 atom stereocenters. The Morgan fingerprint density at radius 2 is 2.16 bits per heavy atom. The molecule has 2 aromatic heterocycles. The molecule has 2 aromatic rings. The first-order chi connectivity index (χ1) is 8.93. The quantitative estimate of drug-likeness (QED) is 0.892. The average Bonchev–Trinajstić information content (AvgIpc) is 2.65. The van der Waals surface area contributed by atoms with E-state index in [2.05, 4.69) is 35.3 Å². The number of hydrogen-bond donors (Lipinski definition) is 1. The lowest BCUT2D eigenvalue weighted by Gasteiger charge is -2.23. The van der Waals surface area contributed by atoms with E-state index in [1.165, 1.54) is 0 Å². The highest BCUT2D eigenvalue weighted by Gasteiger charge is 2.15. The van der Waals surface area contributed by atoms with Gasteiger partial charge in [-0.3, -0.25) is 4.68 Å². The summed E-state index contributed by atoms with van der Waals surface area (Å²) in [6.07, 6.45) is 1.90. The van der Waals surface area contributed by atoms with Crippen molar-refractivity contribution in [2.24, 2.45) is 7.05 Å². The fraction of sp³-hybridized carbons (Fsp3) is 0.571. The second-order valence-electron chi connectivity index (χ2n) is 5.49. The number of ether oxygens (including phenoxy) is 1. The van der Waals surface area contributed by atoms with Crippen LogP contribution in [-0.4, -0.2) is 34.0 Å². The third kappa shape index (κ3) is 3.11. The smallest absolute Gasteiger partial charge is 0.157 e. The van der Waals surface area contributed by atoms with Crippen molar-refractivity contribution in [3.8, 4) is 0 Å². The molecule has 0 amide bonds. The van der Waals surface area contributed by atoms with Crippen LogP contribution in [0.4, 0.5) is 0 Å². The van der Waals surface area contributed by atoms with E-state index in [1.54, 1.807) is 7.11 Å². The average molecular weight is 262 g/mol. The maximum atomic E-state index is 5.38. The maximum Gasteiger partial charge on any atom is 0.157 e. The molecule has 0 aromatic carbocycles. The first-order valence-electron chi connectivity index (χ1n) is 6.47. The van der Waals surface area contributed by atoms with Crippen molar-refractivity contribution in [3.05, 3.63) is 23.5 Å². The largest absolute Gasteiger partial charge is 0.377 e. The molecule has 0 bridgehead atoms. The number of aryl methyl sites for hydroxylation is 2. The zero-order valence-electron chi connectivity index (χ0n) is 12.3. The number of hydrogen-bond acceptors (Lipinski definition) is 4. The van der Waals surface area contributed by atoms with Gasteiger partial charge >= 0.3 is 0 Å². The molecule has 0 aliphatic rings. The molecule has 0 spiro atoms. The van der Waals surface area contributed by atoms with Gasteiger partial charge in [0.15, 0.2) is 5.65 Å². The van der Waals surface area contributed by atoms with E-state index < -0.39 is 0 Å². The van der Waals surface area contributed by atoms with Gasteiger partial charge in [0.2, 0.25) is 0 Å². The Bertz CT molecular complexity index is 574. The molecule has 19 heavy (non-hydrogen) atoms. The van der Waals surface area contributed by atoms with Crippen molar-refractivity contribution >= 4 is 11.0 Å². The Kier molecular flexibility index (Phi) is 3.87. The molecular weight excluding hydrogens is 240 g/mol. The van der Waals surface area contributed by atoms with Crippen molar-refractivity contribution in [2.75, 3.05) is 13.7 Å². The van der Waals surface area contributed by atoms with E-state index in [4.69, 9.17) is 4.74 Å². The SMILES string of the molecule is COC(C)(C)CNCc1cnc2c(c1)c(C)nn2C. The van der Waals surface area contributed by atoms with Crippen LogP contribution in [0.5, 0.6) is 0 Å². The van der Waals surface area contributed by atoms with Gasteiger partial charge in [0, 0.05) is 38.8 Å². The fourth-order valence-electron chi connectivity index (χ4n) is 2.03. The molecule has 2 rings (SSSR count). The minimum absolute atomic E-state index is 0.151. The van der Waals surface area contributed by atoms with Crippen molar-refractivity contribution in [1.29, 1.82) is 0 Å². The molecule has 0 unspecified atom stereocenters. The maximum absolute atomic E-state index is 5.38. The molecule has 2 heterocycles. The van der Waals surface area contributed by atoms with Crippen LogP contribution in [0.25, 0.3) is 11.0 Å². The molecule has 0 aliphatic heterocycles. The van der Waals surface area contributed by atoms with Crippen LogP contribution in [0, 0.1) is 6.92 Å². The molecule has 0 fully saturated rings. The van der Waals surface area contributed by atoms with Gasteiger partial charge in [0.05, 0.1) is 11.3 Å². The van der Waals surface area contributed by atoms with Gasteiger partial charge in [-0.25, -0.2) is 4.98 Å². The molecule has 5 heteroatoms. The van der Waals surface area contributed by atoms with Crippen molar-refractivity contribution in [1.82, 2.24) is 20.1 Å². The topological polar surface area (TPSA) is 52.0 Å². The minimum Gasteiger partial charge on any atom is -0.377 e. The predicted molar refractivity (Wildman–Crippen MR) is 76.0 cm³/mol. The highest BCUT2D eigenvalue weighted by Crippen LogP contribution is 2.16. The summed E-state index contributed by atoms with van der Waals surface area (Å²) in [6, 6.07) is 2.15. The Labute approximate surface area is 114 Å². The first-order valence-corrected chi connectivity index (χ1v) is 6.47. The third-order valence-electron chi connectivity index (χ3n) is 3.35. The van der Waals surface area contributed by atoms with Gasteiger partial charge in [-0.15, -0.1) is 0 Å². The van der Waals surface area contributed by atoms with Crippen molar-refractivity contribution in [2.45, 2.75) is 32.9 Å². The summed E-state index contributed by atoms with van der Waals surface area (Å²) >= 11 is 0. The van der Waals surface area contributed by atoms with E-state index >= 15 is 0 Å².